The van der Waals surface area contributed by atoms with Crippen LogP contribution in [0.25, 0.3) is 4.91 Å². The van der Waals surface area contributed by atoms with E-state index in [2.05, 4.69) is 12.6 Å². The highest BCUT2D eigenvalue weighted by Gasteiger charge is 1.95. The summed E-state index contributed by atoms with van der Waals surface area (Å²) in [5.74, 6) is 0. The molecule has 1 nitrogen and oxygen atoms in total. The van der Waals surface area contributed by atoms with Gasteiger partial charge in [0.15, 0.2) is 0 Å². The van der Waals surface area contributed by atoms with Gasteiger partial charge in [-0.3, -0.25) is 0 Å². The number of aliphatic hydroxyl groups is 1. The fraction of sp³-hybridized carbons (Fsp3) is 0.200. The van der Waals surface area contributed by atoms with Crippen LogP contribution in [0, 0.1) is 0 Å². The summed E-state index contributed by atoms with van der Waals surface area (Å²) in [5, 5.41) is 10.0. The van der Waals surface area contributed by atoms with E-state index in [1.54, 1.807) is 6.08 Å². The van der Waals surface area contributed by atoms with E-state index in [0.29, 0.717) is 5.05 Å². The lowest BCUT2D eigenvalue weighted by atomic mass is 10.1. The predicted molar refractivity (Wildman–Crippen MR) is 88.7 cm³/mol. The summed E-state index contributed by atoms with van der Waals surface area (Å²) in [6.45, 7) is 5.88. The van der Waals surface area contributed by atoms with Gasteiger partial charge in [0, 0.05) is 4.91 Å². The van der Waals surface area contributed by atoms with Gasteiger partial charge in [-0.15, -0.1) is 23.6 Å². The molecule has 1 aromatic rings. The molecule has 0 aliphatic carbocycles. The van der Waals surface area contributed by atoms with Gasteiger partial charge in [0.05, 0.1) is 0 Å². The summed E-state index contributed by atoms with van der Waals surface area (Å²) in [7, 11) is 1.36. The van der Waals surface area contributed by atoms with E-state index in [0.717, 1.165) is 20.9 Å². The van der Waals surface area contributed by atoms with Crippen LogP contribution in [0.1, 0.15) is 26.3 Å². The molecular weight excluding hydrogens is 260 g/mol. The molecule has 96 valence electrons. The van der Waals surface area contributed by atoms with Crippen molar-refractivity contribution < 1.29 is 5.11 Å². The Morgan fingerprint density at radius 3 is 2.28 bits per heavy atom. The molecule has 0 heterocycles. The van der Waals surface area contributed by atoms with Gasteiger partial charge in [0.2, 0.25) is 0 Å². The highest BCUT2D eigenvalue weighted by atomic mass is 32.1. The number of aliphatic hydroxyl groups excluding tert-OH is 1. The van der Waals surface area contributed by atoms with Crippen molar-refractivity contribution in [1.29, 1.82) is 0 Å². The lowest BCUT2D eigenvalue weighted by Gasteiger charge is -2.00. The molecule has 0 radical (unpaired) electrons. The van der Waals surface area contributed by atoms with E-state index in [4.69, 9.17) is 0 Å². The Kier molecular flexibility index (Phi) is 6.19. The molecule has 1 N–H and O–H groups in total. The summed E-state index contributed by atoms with van der Waals surface area (Å²) in [5.41, 5.74) is 2.04. The third-order valence-corrected chi connectivity index (χ3v) is 3.22. The molecule has 0 spiro atoms. The lowest BCUT2D eigenvalue weighted by Crippen LogP contribution is -1.88. The van der Waals surface area contributed by atoms with Crippen molar-refractivity contribution in [2.45, 2.75) is 20.8 Å². The van der Waals surface area contributed by atoms with E-state index < -0.39 is 0 Å². The molecule has 0 bridgehead atoms. The fourth-order valence-corrected chi connectivity index (χ4v) is 2.40. The first-order valence-electron chi connectivity index (χ1n) is 5.67. The Labute approximate surface area is 118 Å². The van der Waals surface area contributed by atoms with Crippen LogP contribution in [0.4, 0.5) is 0 Å². The summed E-state index contributed by atoms with van der Waals surface area (Å²) in [6, 6.07) is 9.95. The topological polar surface area (TPSA) is 20.2 Å². The molecule has 1 aromatic carbocycles. The molecule has 0 unspecified atom stereocenters. The minimum absolute atomic E-state index is 0.304. The van der Waals surface area contributed by atoms with E-state index in [1.165, 1.54) is 10.9 Å². The van der Waals surface area contributed by atoms with Crippen LogP contribution in [0.3, 0.4) is 0 Å². The molecule has 0 aliphatic heterocycles. The molecule has 0 atom stereocenters. The number of benzene rings is 1. The first-order chi connectivity index (χ1) is 8.49. The molecule has 1 rings (SSSR count). The van der Waals surface area contributed by atoms with Gasteiger partial charge < -0.3 is 5.11 Å². The van der Waals surface area contributed by atoms with Crippen molar-refractivity contribution in [1.82, 2.24) is 0 Å². The Morgan fingerprint density at radius 1 is 1.11 bits per heavy atom. The zero-order valence-electron chi connectivity index (χ0n) is 10.8. The Morgan fingerprint density at radius 2 is 1.72 bits per heavy atom. The molecule has 3 heteroatoms. The molecule has 0 saturated heterocycles. The van der Waals surface area contributed by atoms with Gasteiger partial charge in [0.1, 0.15) is 5.05 Å². The minimum atomic E-state index is 0.304. The number of hydrogen-bond acceptors (Lipinski definition) is 1. The second-order valence-corrected chi connectivity index (χ2v) is 6.05. The first-order valence-corrected chi connectivity index (χ1v) is 6.93. The van der Waals surface area contributed by atoms with Crippen molar-refractivity contribution in [2.24, 2.45) is 0 Å². The Bertz CT molecular complexity index is 529. The normalized spacial score (nSPS) is 12.3. The third kappa shape index (κ3) is 5.54. The van der Waals surface area contributed by atoms with Crippen LogP contribution in [-0.2, 0) is 0 Å². The van der Waals surface area contributed by atoms with Gasteiger partial charge in [0.25, 0.3) is 0 Å². The van der Waals surface area contributed by atoms with E-state index >= 15 is 0 Å². The lowest BCUT2D eigenvalue weighted by molar-refractivity contribution is 0.573. The van der Waals surface area contributed by atoms with Crippen molar-refractivity contribution in [3.63, 3.8) is 0 Å². The standard InChI is InChI=1S/C15H18OS2/c1-11(2)18-15(16)10-12(3)9-14(17)13-7-5-4-6-8-13/h4-10,16-17H,1-3H3/b12-10+,14-9-. The number of rotatable bonds is 3. The molecule has 0 aliphatic rings. The third-order valence-electron chi connectivity index (χ3n) is 2.09. The van der Waals surface area contributed by atoms with Crippen LogP contribution < -0.4 is 0 Å². The van der Waals surface area contributed by atoms with Gasteiger partial charge in [-0.05, 0) is 48.9 Å². The summed E-state index contributed by atoms with van der Waals surface area (Å²) >= 11 is 4.47. The monoisotopic (exact) mass is 278 g/mol. The van der Waals surface area contributed by atoms with E-state index in [9.17, 15) is 5.11 Å². The molecule has 0 amide bonds. The summed E-state index contributed by atoms with van der Waals surface area (Å²) < 4.78 is 0. The summed E-state index contributed by atoms with van der Waals surface area (Å²) in [6.07, 6.45) is 3.69. The molecular formula is C15H18OS2. The zero-order valence-corrected chi connectivity index (χ0v) is 12.6. The minimum Gasteiger partial charge on any atom is -0.352 e. The van der Waals surface area contributed by atoms with Gasteiger partial charge >= 0.3 is 0 Å². The van der Waals surface area contributed by atoms with Gasteiger partial charge in [-0.1, -0.05) is 30.3 Å². The van der Waals surface area contributed by atoms with E-state index in [1.807, 2.05) is 57.2 Å². The quantitative estimate of drug-likeness (QED) is 0.360. The average Bonchev–Trinajstić information content (AvgIpc) is 2.28. The second-order valence-electron chi connectivity index (χ2n) is 4.13. The first kappa shape index (κ1) is 15.0. The van der Waals surface area contributed by atoms with Crippen LogP contribution in [0.15, 0.2) is 48.1 Å². The molecule has 0 aromatic heterocycles. The zero-order chi connectivity index (χ0) is 13.5. The van der Waals surface area contributed by atoms with Gasteiger partial charge in [-0.25, -0.2) is 0 Å². The maximum absolute atomic E-state index is 9.70. The van der Waals surface area contributed by atoms with Crippen molar-refractivity contribution >= 4 is 38.4 Å². The summed E-state index contributed by atoms with van der Waals surface area (Å²) in [4.78, 5) is 1.99. The number of hydrogen-bond donors (Lipinski definition) is 2. The highest BCUT2D eigenvalue weighted by molar-refractivity contribution is 7.98. The molecule has 0 fully saturated rings. The maximum atomic E-state index is 9.70. The highest BCUT2D eigenvalue weighted by Crippen LogP contribution is 2.19. The van der Waals surface area contributed by atoms with Crippen molar-refractivity contribution in [2.75, 3.05) is 0 Å². The smallest absolute Gasteiger partial charge is 0.126 e. The predicted octanol–water partition coefficient (Wildman–Crippen LogP) is 4.54. The van der Waals surface area contributed by atoms with Crippen LogP contribution in [0.2, 0.25) is 0 Å². The van der Waals surface area contributed by atoms with Crippen molar-refractivity contribution in [3.05, 3.63) is 53.6 Å². The van der Waals surface area contributed by atoms with Crippen LogP contribution >= 0.6 is 23.6 Å². The SMILES string of the molecule is CC(C)=S=C(O)/C=C(C)/C=C(\S)c1ccccc1. The number of allylic oxidation sites excluding steroid dienone is 2. The maximum Gasteiger partial charge on any atom is 0.126 e. The van der Waals surface area contributed by atoms with E-state index in [-0.39, 0.29) is 0 Å². The number of thiol groups is 1. The van der Waals surface area contributed by atoms with Crippen LogP contribution in [0.5, 0.6) is 0 Å². The Hall–Kier alpha value is -1.03. The van der Waals surface area contributed by atoms with Crippen molar-refractivity contribution in [3.8, 4) is 0 Å². The molecule has 0 saturated carbocycles. The average molecular weight is 278 g/mol. The Balaban J connectivity index is 2.97. The second kappa shape index (κ2) is 7.41. The fourth-order valence-electron chi connectivity index (χ4n) is 1.38. The van der Waals surface area contributed by atoms with Gasteiger partial charge in [-0.2, -0.15) is 0 Å². The van der Waals surface area contributed by atoms with Crippen LogP contribution in [-0.4, -0.2) is 15.0 Å². The molecule has 18 heavy (non-hydrogen) atoms. The largest absolute Gasteiger partial charge is 0.352 e.